The van der Waals surface area contributed by atoms with E-state index in [2.05, 4.69) is 10.3 Å². The molecule has 0 spiro atoms. The van der Waals surface area contributed by atoms with Gasteiger partial charge in [-0.1, -0.05) is 53.7 Å². The molecule has 1 aromatic heterocycles. The molecule has 5 nitrogen and oxygen atoms in total. The minimum Gasteiger partial charge on any atom is -0.496 e. The molecule has 1 heterocycles. The molecule has 5 heteroatoms. The Morgan fingerprint density at radius 3 is 2.59 bits per heavy atom. The first-order valence-corrected chi connectivity index (χ1v) is 6.89. The summed E-state index contributed by atoms with van der Waals surface area (Å²) >= 11 is 0. The van der Waals surface area contributed by atoms with Crippen molar-refractivity contribution in [3.8, 4) is 5.75 Å². The lowest BCUT2D eigenvalue weighted by molar-refractivity contribution is 0.103. The van der Waals surface area contributed by atoms with Crippen LogP contribution >= 0.6 is 0 Å². The standard InChI is InChI=1S/C17H15N3O2/c1-22-16-10-6-5-9-14(16)11-20-12-15(18-19-20)17(21)13-7-3-2-4-8-13/h2-10,12H,11H2,1H3. The van der Waals surface area contributed by atoms with Crippen molar-refractivity contribution in [2.45, 2.75) is 6.54 Å². The summed E-state index contributed by atoms with van der Waals surface area (Å²) in [6.45, 7) is 0.499. The SMILES string of the molecule is COc1ccccc1Cn1cc(C(=O)c2ccccc2)nn1. The Morgan fingerprint density at radius 1 is 1.09 bits per heavy atom. The second-order valence-corrected chi connectivity index (χ2v) is 4.81. The number of para-hydroxylation sites is 1. The van der Waals surface area contributed by atoms with Crippen LogP contribution in [0.3, 0.4) is 0 Å². The number of nitrogens with zero attached hydrogens (tertiary/aromatic N) is 3. The molecule has 0 bridgehead atoms. The summed E-state index contributed by atoms with van der Waals surface area (Å²) in [6.07, 6.45) is 1.65. The highest BCUT2D eigenvalue weighted by Gasteiger charge is 2.13. The maximum absolute atomic E-state index is 12.3. The van der Waals surface area contributed by atoms with Crippen molar-refractivity contribution < 1.29 is 9.53 Å². The number of hydrogen-bond acceptors (Lipinski definition) is 4. The Kier molecular flexibility index (Phi) is 3.96. The van der Waals surface area contributed by atoms with Crippen molar-refractivity contribution in [1.29, 1.82) is 0 Å². The van der Waals surface area contributed by atoms with E-state index in [0.29, 0.717) is 17.8 Å². The van der Waals surface area contributed by atoms with Gasteiger partial charge in [-0.05, 0) is 6.07 Å². The summed E-state index contributed by atoms with van der Waals surface area (Å²) < 4.78 is 6.95. The molecule has 0 aliphatic carbocycles. The second-order valence-electron chi connectivity index (χ2n) is 4.81. The van der Waals surface area contributed by atoms with E-state index in [1.807, 2.05) is 42.5 Å². The van der Waals surface area contributed by atoms with Crippen molar-refractivity contribution in [2.75, 3.05) is 7.11 Å². The van der Waals surface area contributed by atoms with Crippen LogP contribution < -0.4 is 4.74 Å². The first-order chi connectivity index (χ1) is 10.8. The predicted octanol–water partition coefficient (Wildman–Crippen LogP) is 2.57. The van der Waals surface area contributed by atoms with E-state index in [0.717, 1.165) is 11.3 Å². The number of aromatic nitrogens is 3. The molecule has 110 valence electrons. The smallest absolute Gasteiger partial charge is 0.214 e. The monoisotopic (exact) mass is 293 g/mol. The topological polar surface area (TPSA) is 57.0 Å². The van der Waals surface area contributed by atoms with Crippen molar-refractivity contribution in [3.63, 3.8) is 0 Å². The van der Waals surface area contributed by atoms with Gasteiger partial charge >= 0.3 is 0 Å². The Balaban J connectivity index is 1.81. The molecule has 3 rings (SSSR count). The number of hydrogen-bond donors (Lipinski definition) is 0. The fourth-order valence-electron chi connectivity index (χ4n) is 2.23. The van der Waals surface area contributed by atoms with Crippen LogP contribution in [0.15, 0.2) is 60.8 Å². The van der Waals surface area contributed by atoms with Crippen molar-refractivity contribution in [1.82, 2.24) is 15.0 Å². The van der Waals surface area contributed by atoms with E-state index in [-0.39, 0.29) is 5.78 Å². The quantitative estimate of drug-likeness (QED) is 0.678. The molecule has 0 radical (unpaired) electrons. The van der Waals surface area contributed by atoms with Crippen LogP contribution in [0.2, 0.25) is 0 Å². The van der Waals surface area contributed by atoms with Crippen LogP contribution in [0.4, 0.5) is 0 Å². The third-order valence-corrected chi connectivity index (χ3v) is 3.33. The number of benzene rings is 2. The van der Waals surface area contributed by atoms with Crippen LogP contribution in [0.1, 0.15) is 21.6 Å². The summed E-state index contributed by atoms with van der Waals surface area (Å²) in [5.74, 6) is 0.654. The van der Waals surface area contributed by atoms with Crippen LogP contribution in [0, 0.1) is 0 Å². The molecule has 0 unspecified atom stereocenters. The third kappa shape index (κ3) is 2.88. The van der Waals surface area contributed by atoms with E-state index in [1.54, 1.807) is 30.1 Å². The largest absolute Gasteiger partial charge is 0.496 e. The molecule has 0 saturated carbocycles. The van der Waals surface area contributed by atoms with E-state index in [9.17, 15) is 4.79 Å². The summed E-state index contributed by atoms with van der Waals surface area (Å²) in [5, 5.41) is 7.99. The fraction of sp³-hybridized carbons (Fsp3) is 0.118. The normalized spacial score (nSPS) is 10.4. The first-order valence-electron chi connectivity index (χ1n) is 6.89. The van der Waals surface area contributed by atoms with Gasteiger partial charge < -0.3 is 4.74 Å². The average Bonchev–Trinajstić information content (AvgIpc) is 3.04. The minimum absolute atomic E-state index is 0.133. The molecule has 0 saturated heterocycles. The van der Waals surface area contributed by atoms with E-state index >= 15 is 0 Å². The Hall–Kier alpha value is -2.95. The summed E-state index contributed by atoms with van der Waals surface area (Å²) in [6, 6.07) is 16.7. The lowest BCUT2D eigenvalue weighted by Gasteiger charge is -2.07. The van der Waals surface area contributed by atoms with Crippen molar-refractivity contribution in [3.05, 3.63) is 77.6 Å². The molecule has 0 aliphatic heterocycles. The fourth-order valence-corrected chi connectivity index (χ4v) is 2.23. The van der Waals surface area contributed by atoms with Gasteiger partial charge in [0.15, 0.2) is 5.69 Å². The molecule has 0 atom stereocenters. The molecule has 2 aromatic carbocycles. The van der Waals surface area contributed by atoms with Gasteiger partial charge in [0, 0.05) is 11.1 Å². The Bertz CT molecular complexity index is 781. The van der Waals surface area contributed by atoms with Gasteiger partial charge in [0.2, 0.25) is 5.78 Å². The Labute approximate surface area is 128 Å². The zero-order valence-corrected chi connectivity index (χ0v) is 12.1. The Morgan fingerprint density at radius 2 is 1.82 bits per heavy atom. The molecular formula is C17H15N3O2. The van der Waals surface area contributed by atoms with Crippen LogP contribution in [0.5, 0.6) is 5.75 Å². The summed E-state index contributed by atoms with van der Waals surface area (Å²) in [4.78, 5) is 12.3. The third-order valence-electron chi connectivity index (χ3n) is 3.33. The van der Waals surface area contributed by atoms with Crippen molar-refractivity contribution in [2.24, 2.45) is 0 Å². The maximum atomic E-state index is 12.3. The highest BCUT2D eigenvalue weighted by Crippen LogP contribution is 2.18. The lowest BCUT2D eigenvalue weighted by atomic mass is 10.1. The van der Waals surface area contributed by atoms with Crippen molar-refractivity contribution >= 4 is 5.78 Å². The van der Waals surface area contributed by atoms with Gasteiger partial charge in [0.05, 0.1) is 19.9 Å². The second kappa shape index (κ2) is 6.22. The summed E-state index contributed by atoms with van der Waals surface area (Å²) in [5.41, 5.74) is 1.92. The highest BCUT2D eigenvalue weighted by molar-refractivity contribution is 6.07. The van der Waals surface area contributed by atoms with E-state index in [1.165, 1.54) is 0 Å². The number of methoxy groups -OCH3 is 1. The molecule has 0 fully saturated rings. The van der Waals surface area contributed by atoms with Crippen LogP contribution in [-0.4, -0.2) is 27.9 Å². The van der Waals surface area contributed by atoms with Crippen LogP contribution in [-0.2, 0) is 6.54 Å². The van der Waals surface area contributed by atoms with E-state index < -0.39 is 0 Å². The van der Waals surface area contributed by atoms with Gasteiger partial charge in [-0.3, -0.25) is 4.79 Å². The number of ether oxygens (including phenoxy) is 1. The van der Waals surface area contributed by atoms with Gasteiger partial charge in [0.1, 0.15) is 5.75 Å². The zero-order chi connectivity index (χ0) is 15.4. The lowest BCUT2D eigenvalue weighted by Crippen LogP contribution is -2.03. The first kappa shape index (κ1) is 14.0. The molecule has 3 aromatic rings. The highest BCUT2D eigenvalue weighted by atomic mass is 16.5. The summed E-state index contributed by atoms with van der Waals surface area (Å²) in [7, 11) is 1.63. The molecule has 0 aliphatic rings. The van der Waals surface area contributed by atoms with Gasteiger partial charge in [-0.15, -0.1) is 5.10 Å². The molecule has 22 heavy (non-hydrogen) atoms. The van der Waals surface area contributed by atoms with Crippen LogP contribution in [0.25, 0.3) is 0 Å². The van der Waals surface area contributed by atoms with Gasteiger partial charge in [0.25, 0.3) is 0 Å². The molecule has 0 N–H and O–H groups in total. The number of ketones is 1. The van der Waals surface area contributed by atoms with Gasteiger partial charge in [-0.25, -0.2) is 4.68 Å². The van der Waals surface area contributed by atoms with Gasteiger partial charge in [-0.2, -0.15) is 0 Å². The number of carbonyl (C=O) groups excluding carboxylic acids is 1. The number of rotatable bonds is 5. The van der Waals surface area contributed by atoms with E-state index in [4.69, 9.17) is 4.74 Å². The minimum atomic E-state index is -0.133. The number of carbonyl (C=O) groups is 1. The molecular weight excluding hydrogens is 278 g/mol. The predicted molar refractivity (Wildman–Crippen MR) is 82.0 cm³/mol. The zero-order valence-electron chi connectivity index (χ0n) is 12.1. The molecule has 0 amide bonds. The average molecular weight is 293 g/mol. The maximum Gasteiger partial charge on any atom is 0.214 e.